The number of hydrogen-bond acceptors (Lipinski definition) is 6. The van der Waals surface area contributed by atoms with Crippen molar-refractivity contribution in [3.8, 4) is 11.5 Å². The monoisotopic (exact) mass is 430 g/mol. The van der Waals surface area contributed by atoms with Gasteiger partial charge in [0.2, 0.25) is 0 Å². The summed E-state index contributed by atoms with van der Waals surface area (Å²) >= 11 is 0. The molecule has 0 aliphatic carbocycles. The number of piperazine rings is 1. The second-order valence-electron chi connectivity index (χ2n) is 6.98. The number of rotatable bonds is 8. The van der Waals surface area contributed by atoms with Crippen LogP contribution in [-0.4, -0.2) is 79.8 Å². The van der Waals surface area contributed by atoms with Crippen molar-refractivity contribution in [2.24, 2.45) is 4.99 Å². The molecule has 3 rings (SSSR count). The quantitative estimate of drug-likeness (QED) is 0.485. The summed E-state index contributed by atoms with van der Waals surface area (Å²) in [6.07, 6.45) is 1.51. The molecule has 0 bridgehead atoms. The van der Waals surface area contributed by atoms with E-state index in [1.807, 2.05) is 25.1 Å². The van der Waals surface area contributed by atoms with E-state index in [9.17, 15) is 4.79 Å². The van der Waals surface area contributed by atoms with Crippen LogP contribution in [0.3, 0.4) is 0 Å². The Morgan fingerprint density at radius 2 is 1.97 bits per heavy atom. The summed E-state index contributed by atoms with van der Waals surface area (Å²) in [5.74, 6) is 2.30. The summed E-state index contributed by atoms with van der Waals surface area (Å²) in [4.78, 5) is 21.2. The number of methoxy groups -OCH3 is 1. The third-order valence-corrected chi connectivity index (χ3v) is 4.92. The molecular weight excluding hydrogens is 400 g/mol. The maximum atomic E-state index is 12.5. The zero-order valence-electron chi connectivity index (χ0n) is 18.0. The molecule has 0 radical (unpaired) electrons. The van der Waals surface area contributed by atoms with Gasteiger partial charge in [-0.2, -0.15) is 0 Å². The first-order chi connectivity index (χ1) is 15.2. The molecule has 1 saturated heterocycles. The molecule has 168 valence electrons. The fraction of sp³-hybridized carbons (Fsp3) is 0.455. The highest BCUT2D eigenvalue weighted by atomic mass is 16.5. The van der Waals surface area contributed by atoms with Crippen molar-refractivity contribution in [3.05, 3.63) is 47.9 Å². The van der Waals surface area contributed by atoms with Crippen molar-refractivity contribution in [3.63, 3.8) is 0 Å². The summed E-state index contributed by atoms with van der Waals surface area (Å²) < 4.78 is 16.1. The topological polar surface area (TPSA) is 99.8 Å². The van der Waals surface area contributed by atoms with Crippen LogP contribution in [0.4, 0.5) is 0 Å². The van der Waals surface area contributed by atoms with E-state index >= 15 is 0 Å². The molecule has 0 atom stereocenters. The molecule has 9 nitrogen and oxygen atoms in total. The molecule has 9 heteroatoms. The molecule has 2 aromatic rings. The number of nitrogens with one attached hydrogen (secondary N) is 1. The molecule has 0 spiro atoms. The zero-order valence-corrected chi connectivity index (χ0v) is 18.0. The summed E-state index contributed by atoms with van der Waals surface area (Å²) in [6, 6.07) is 9.06. The molecule has 1 aliphatic heterocycles. The Labute approximate surface area is 182 Å². The minimum atomic E-state index is -0.0813. The lowest BCUT2D eigenvalue weighted by Gasteiger charge is -2.36. The van der Waals surface area contributed by atoms with Crippen LogP contribution in [0.25, 0.3) is 0 Å². The second-order valence-corrected chi connectivity index (χ2v) is 6.98. The number of furan rings is 1. The normalized spacial score (nSPS) is 14.5. The predicted octanol–water partition coefficient (Wildman–Crippen LogP) is 1.58. The Morgan fingerprint density at radius 3 is 2.61 bits per heavy atom. The van der Waals surface area contributed by atoms with Gasteiger partial charge >= 0.3 is 0 Å². The van der Waals surface area contributed by atoms with Crippen LogP contribution in [0.1, 0.15) is 23.0 Å². The zero-order chi connectivity index (χ0) is 22.1. The van der Waals surface area contributed by atoms with E-state index in [4.69, 9.17) is 24.0 Å². The minimum Gasteiger partial charge on any atom is -0.493 e. The Morgan fingerprint density at radius 1 is 1.19 bits per heavy atom. The van der Waals surface area contributed by atoms with Crippen molar-refractivity contribution >= 4 is 11.9 Å². The SMILES string of the molecule is CCNC(=NCc1ccc(OCCO)c(OC)c1)N1CCN(C(=O)c2ccco2)CC1. The highest BCUT2D eigenvalue weighted by Gasteiger charge is 2.25. The fourth-order valence-electron chi connectivity index (χ4n) is 3.35. The number of hydrogen-bond donors (Lipinski definition) is 2. The number of benzene rings is 1. The lowest BCUT2D eigenvalue weighted by molar-refractivity contribution is 0.0657. The van der Waals surface area contributed by atoms with Crippen molar-refractivity contribution in [1.29, 1.82) is 0 Å². The van der Waals surface area contributed by atoms with Crippen LogP contribution in [0.5, 0.6) is 11.5 Å². The Bertz CT molecular complexity index is 861. The number of guanidine groups is 1. The van der Waals surface area contributed by atoms with Crippen LogP contribution in [0, 0.1) is 0 Å². The van der Waals surface area contributed by atoms with Gasteiger partial charge in [-0.3, -0.25) is 4.79 Å². The number of aliphatic hydroxyl groups is 1. The van der Waals surface area contributed by atoms with Gasteiger partial charge in [0.15, 0.2) is 23.2 Å². The molecule has 1 fully saturated rings. The van der Waals surface area contributed by atoms with E-state index < -0.39 is 0 Å². The van der Waals surface area contributed by atoms with Gasteiger partial charge < -0.3 is 34.1 Å². The van der Waals surface area contributed by atoms with E-state index in [0.717, 1.165) is 18.1 Å². The second kappa shape index (κ2) is 11.3. The highest BCUT2D eigenvalue weighted by Crippen LogP contribution is 2.28. The van der Waals surface area contributed by atoms with Crippen molar-refractivity contribution in [2.45, 2.75) is 13.5 Å². The Hall–Kier alpha value is -3.20. The number of amides is 1. The van der Waals surface area contributed by atoms with E-state index in [0.29, 0.717) is 50.0 Å². The number of aliphatic hydroxyl groups excluding tert-OH is 1. The molecule has 1 aromatic heterocycles. The number of ether oxygens (including phenoxy) is 2. The number of aliphatic imine (C=N–C) groups is 1. The third-order valence-electron chi connectivity index (χ3n) is 4.92. The molecule has 31 heavy (non-hydrogen) atoms. The first kappa shape index (κ1) is 22.5. The average Bonchev–Trinajstić information content (AvgIpc) is 3.35. The van der Waals surface area contributed by atoms with Gasteiger partial charge in [-0.05, 0) is 36.8 Å². The maximum absolute atomic E-state index is 12.5. The van der Waals surface area contributed by atoms with Crippen molar-refractivity contribution in [2.75, 3.05) is 53.0 Å². The van der Waals surface area contributed by atoms with Crippen LogP contribution in [0.2, 0.25) is 0 Å². The molecule has 1 aliphatic rings. The van der Waals surface area contributed by atoms with Crippen LogP contribution in [-0.2, 0) is 6.54 Å². The van der Waals surface area contributed by atoms with E-state index in [1.54, 1.807) is 24.1 Å². The van der Waals surface area contributed by atoms with Crippen LogP contribution in [0.15, 0.2) is 46.0 Å². The maximum Gasteiger partial charge on any atom is 0.289 e. The van der Waals surface area contributed by atoms with Crippen LogP contribution >= 0.6 is 0 Å². The van der Waals surface area contributed by atoms with E-state index in [-0.39, 0.29) is 19.1 Å². The van der Waals surface area contributed by atoms with Gasteiger partial charge in [0.05, 0.1) is 26.5 Å². The first-order valence-electron chi connectivity index (χ1n) is 10.4. The summed E-state index contributed by atoms with van der Waals surface area (Å²) in [5, 5.41) is 12.3. The number of carbonyl (C=O) groups is 1. The summed E-state index contributed by atoms with van der Waals surface area (Å²) in [7, 11) is 1.59. The summed E-state index contributed by atoms with van der Waals surface area (Å²) in [6.45, 7) is 6.01. The molecule has 1 amide bonds. The van der Waals surface area contributed by atoms with Gasteiger partial charge in [0.1, 0.15) is 6.61 Å². The Kier molecular flexibility index (Phi) is 8.17. The summed E-state index contributed by atoms with van der Waals surface area (Å²) in [5.41, 5.74) is 0.982. The van der Waals surface area contributed by atoms with E-state index in [1.165, 1.54) is 6.26 Å². The Balaban J connectivity index is 1.62. The highest BCUT2D eigenvalue weighted by molar-refractivity contribution is 5.91. The lowest BCUT2D eigenvalue weighted by atomic mass is 10.2. The third kappa shape index (κ3) is 5.91. The van der Waals surface area contributed by atoms with Crippen LogP contribution < -0.4 is 14.8 Å². The minimum absolute atomic E-state index is 0.0539. The molecule has 2 N–H and O–H groups in total. The van der Waals surface area contributed by atoms with Gasteiger partial charge in [0.25, 0.3) is 5.91 Å². The number of carbonyl (C=O) groups excluding carboxylic acids is 1. The molecular formula is C22H30N4O5. The molecule has 0 unspecified atom stereocenters. The number of nitrogens with zero attached hydrogens (tertiary/aromatic N) is 3. The van der Waals surface area contributed by atoms with Crippen molar-refractivity contribution < 1.29 is 23.8 Å². The van der Waals surface area contributed by atoms with Crippen molar-refractivity contribution in [1.82, 2.24) is 15.1 Å². The van der Waals surface area contributed by atoms with E-state index in [2.05, 4.69) is 10.2 Å². The average molecular weight is 431 g/mol. The molecule has 1 aromatic carbocycles. The standard InChI is InChI=1S/C22H30N4O5/c1-3-23-22(24-16-17-6-7-18(31-14-12-27)20(15-17)29-2)26-10-8-25(9-11-26)21(28)19-5-4-13-30-19/h4-7,13,15,27H,3,8-12,14,16H2,1-2H3,(H,23,24). The lowest BCUT2D eigenvalue weighted by Crippen LogP contribution is -2.53. The fourth-order valence-corrected chi connectivity index (χ4v) is 3.35. The largest absolute Gasteiger partial charge is 0.493 e. The predicted molar refractivity (Wildman–Crippen MR) is 117 cm³/mol. The van der Waals surface area contributed by atoms with Gasteiger partial charge in [-0.15, -0.1) is 0 Å². The molecule has 2 heterocycles. The van der Waals surface area contributed by atoms with Gasteiger partial charge in [-0.1, -0.05) is 6.07 Å². The van der Waals surface area contributed by atoms with Gasteiger partial charge in [-0.25, -0.2) is 4.99 Å². The smallest absolute Gasteiger partial charge is 0.289 e. The first-order valence-corrected chi connectivity index (χ1v) is 10.4. The molecule has 0 saturated carbocycles. The van der Waals surface area contributed by atoms with Gasteiger partial charge in [0, 0.05) is 32.7 Å².